The van der Waals surface area contributed by atoms with Crippen molar-refractivity contribution in [3.05, 3.63) is 18.0 Å². The molecule has 1 aliphatic heterocycles. The van der Waals surface area contributed by atoms with Gasteiger partial charge in [-0.1, -0.05) is 12.2 Å². The Morgan fingerprint density at radius 3 is 2.79 bits per heavy atom. The zero-order chi connectivity index (χ0) is 10.3. The molecule has 0 saturated heterocycles. The third-order valence-electron chi connectivity index (χ3n) is 2.39. The number of nitrogens with one attached hydrogen (secondary N) is 2. The largest absolute Gasteiger partial charge is 0.371 e. The van der Waals surface area contributed by atoms with Gasteiger partial charge in [-0.3, -0.25) is 4.98 Å². The molecule has 2 N–H and O–H groups in total. The Bertz CT molecular complexity index is 398. The first-order chi connectivity index (χ1) is 6.50. The quantitative estimate of drug-likeness (QED) is 0.640. The van der Waals surface area contributed by atoms with E-state index in [9.17, 15) is 0 Å². The summed E-state index contributed by atoms with van der Waals surface area (Å²) in [5, 5.41) is 6.61. The number of fused-ring (bicyclic) bond motifs is 1. The van der Waals surface area contributed by atoms with E-state index in [4.69, 9.17) is 12.2 Å². The fourth-order valence-electron chi connectivity index (χ4n) is 1.49. The summed E-state index contributed by atoms with van der Waals surface area (Å²) in [6.45, 7) is 6.11. The number of hydrogen-bond donors (Lipinski definition) is 2. The van der Waals surface area contributed by atoms with Gasteiger partial charge in [0.15, 0.2) is 0 Å². The van der Waals surface area contributed by atoms with E-state index >= 15 is 0 Å². The lowest BCUT2D eigenvalue weighted by molar-refractivity contribution is 0.760. The Hall–Kier alpha value is -1.16. The predicted molar refractivity (Wildman–Crippen MR) is 62.9 cm³/mol. The molecule has 1 aromatic heterocycles. The molecule has 0 unspecified atom stereocenters. The summed E-state index contributed by atoms with van der Waals surface area (Å²) in [5.41, 5.74) is 2.97. The smallest absolute Gasteiger partial charge is 0.105 e. The molecule has 4 heteroatoms. The second kappa shape index (κ2) is 2.92. The molecule has 0 aliphatic carbocycles. The summed E-state index contributed by atoms with van der Waals surface area (Å²) in [4.78, 5) is 4.96. The number of rotatable bonds is 0. The Morgan fingerprint density at radius 1 is 1.36 bits per heavy atom. The molecule has 0 atom stereocenters. The van der Waals surface area contributed by atoms with Gasteiger partial charge in [0.25, 0.3) is 0 Å². The topological polar surface area (TPSA) is 37.0 Å². The van der Waals surface area contributed by atoms with Gasteiger partial charge in [-0.25, -0.2) is 0 Å². The maximum atomic E-state index is 5.28. The van der Waals surface area contributed by atoms with Crippen LogP contribution in [-0.4, -0.2) is 15.5 Å². The summed E-state index contributed by atoms with van der Waals surface area (Å²) in [6, 6.07) is 0. The van der Waals surface area contributed by atoms with Crippen molar-refractivity contribution in [2.24, 2.45) is 0 Å². The van der Waals surface area contributed by atoms with Gasteiger partial charge in [0, 0.05) is 6.20 Å². The van der Waals surface area contributed by atoms with Gasteiger partial charge >= 0.3 is 0 Å². The number of anilines is 2. The average Bonchev–Trinajstić information content (AvgIpc) is 2.08. The van der Waals surface area contributed by atoms with Crippen LogP contribution in [-0.2, 0) is 0 Å². The van der Waals surface area contributed by atoms with Crippen molar-refractivity contribution in [2.75, 3.05) is 10.6 Å². The fourth-order valence-corrected chi connectivity index (χ4v) is 1.64. The molecule has 0 fully saturated rings. The van der Waals surface area contributed by atoms with Crippen LogP contribution < -0.4 is 10.6 Å². The van der Waals surface area contributed by atoms with E-state index < -0.39 is 0 Å². The van der Waals surface area contributed by atoms with Crippen molar-refractivity contribution in [1.29, 1.82) is 0 Å². The van der Waals surface area contributed by atoms with Gasteiger partial charge in [0.05, 0.1) is 23.1 Å². The standard InChI is InChI=1S/C10H13N3S/c1-6-4-11-5-7-8(6)12-9(14)10(2,3)13-7/h4-5,13H,1-3H3,(H,12,14). The van der Waals surface area contributed by atoms with E-state index in [-0.39, 0.29) is 5.54 Å². The van der Waals surface area contributed by atoms with Crippen LogP contribution in [0.5, 0.6) is 0 Å². The van der Waals surface area contributed by atoms with Crippen LogP contribution in [0.4, 0.5) is 11.4 Å². The molecule has 0 amide bonds. The highest BCUT2D eigenvalue weighted by molar-refractivity contribution is 7.80. The molecule has 2 heterocycles. The zero-order valence-electron chi connectivity index (χ0n) is 8.51. The summed E-state index contributed by atoms with van der Waals surface area (Å²) < 4.78 is 0. The van der Waals surface area contributed by atoms with Crippen molar-refractivity contribution in [1.82, 2.24) is 4.98 Å². The van der Waals surface area contributed by atoms with Crippen molar-refractivity contribution in [3.8, 4) is 0 Å². The Kier molecular flexibility index (Phi) is 1.96. The van der Waals surface area contributed by atoms with Gasteiger partial charge in [-0.2, -0.15) is 0 Å². The SMILES string of the molecule is Cc1cncc2c1NC(=S)C(C)(C)N2. The van der Waals surface area contributed by atoms with Crippen molar-refractivity contribution >= 4 is 28.6 Å². The number of hydrogen-bond acceptors (Lipinski definition) is 3. The van der Waals surface area contributed by atoms with Gasteiger partial charge in [-0.15, -0.1) is 0 Å². The molecule has 3 nitrogen and oxygen atoms in total. The summed E-state index contributed by atoms with van der Waals surface area (Å²) in [5.74, 6) is 0. The van der Waals surface area contributed by atoms with E-state index in [1.165, 1.54) is 0 Å². The minimum absolute atomic E-state index is 0.197. The number of pyridine rings is 1. The van der Waals surface area contributed by atoms with Gasteiger partial charge in [0.1, 0.15) is 4.99 Å². The first-order valence-corrected chi connectivity index (χ1v) is 4.96. The third-order valence-corrected chi connectivity index (χ3v) is 3.00. The average molecular weight is 207 g/mol. The maximum Gasteiger partial charge on any atom is 0.105 e. The minimum Gasteiger partial charge on any atom is -0.371 e. The fraction of sp³-hybridized carbons (Fsp3) is 0.400. The van der Waals surface area contributed by atoms with Crippen molar-refractivity contribution in [3.63, 3.8) is 0 Å². The van der Waals surface area contributed by atoms with Crippen LogP contribution in [0.15, 0.2) is 12.4 Å². The Labute approximate surface area is 88.9 Å². The molecule has 0 aromatic carbocycles. The molecular formula is C10H13N3S. The highest BCUT2D eigenvalue weighted by Gasteiger charge is 2.29. The molecule has 0 saturated carbocycles. The molecular weight excluding hydrogens is 194 g/mol. The molecule has 74 valence electrons. The number of aryl methyl sites for hydroxylation is 1. The van der Waals surface area contributed by atoms with Crippen LogP contribution in [0.1, 0.15) is 19.4 Å². The van der Waals surface area contributed by atoms with E-state index in [1.54, 1.807) is 0 Å². The van der Waals surface area contributed by atoms with Crippen molar-refractivity contribution in [2.45, 2.75) is 26.3 Å². The Morgan fingerprint density at radius 2 is 2.07 bits per heavy atom. The van der Waals surface area contributed by atoms with E-state index in [1.807, 2.05) is 33.2 Å². The monoisotopic (exact) mass is 207 g/mol. The molecule has 2 rings (SSSR count). The lowest BCUT2D eigenvalue weighted by atomic mass is 10.0. The summed E-state index contributed by atoms with van der Waals surface area (Å²) in [7, 11) is 0. The van der Waals surface area contributed by atoms with Crippen LogP contribution >= 0.6 is 12.2 Å². The number of aromatic nitrogens is 1. The highest BCUT2D eigenvalue weighted by atomic mass is 32.1. The predicted octanol–water partition coefficient (Wildman–Crippen LogP) is 2.33. The first-order valence-electron chi connectivity index (χ1n) is 4.55. The van der Waals surface area contributed by atoms with Crippen LogP contribution in [0.3, 0.4) is 0 Å². The second-order valence-corrected chi connectivity index (χ2v) is 4.49. The molecule has 0 spiro atoms. The maximum absolute atomic E-state index is 5.28. The minimum atomic E-state index is -0.197. The van der Waals surface area contributed by atoms with Crippen LogP contribution in [0.2, 0.25) is 0 Å². The lowest BCUT2D eigenvalue weighted by Crippen LogP contribution is -2.46. The molecule has 0 radical (unpaired) electrons. The molecule has 1 aromatic rings. The van der Waals surface area contributed by atoms with E-state index in [2.05, 4.69) is 15.6 Å². The highest BCUT2D eigenvalue weighted by Crippen LogP contribution is 2.32. The summed E-state index contributed by atoms with van der Waals surface area (Å²) in [6.07, 6.45) is 3.65. The van der Waals surface area contributed by atoms with E-state index in [0.29, 0.717) is 0 Å². The normalized spacial score (nSPS) is 18.1. The Balaban J connectivity index is 2.51. The van der Waals surface area contributed by atoms with Gasteiger partial charge < -0.3 is 10.6 Å². The molecule has 1 aliphatic rings. The van der Waals surface area contributed by atoms with Crippen molar-refractivity contribution < 1.29 is 0 Å². The van der Waals surface area contributed by atoms with E-state index in [0.717, 1.165) is 21.9 Å². The van der Waals surface area contributed by atoms with Gasteiger partial charge in [0.2, 0.25) is 0 Å². The number of nitrogens with zero attached hydrogens (tertiary/aromatic N) is 1. The third kappa shape index (κ3) is 1.35. The van der Waals surface area contributed by atoms with Crippen LogP contribution in [0, 0.1) is 6.92 Å². The molecule has 0 bridgehead atoms. The van der Waals surface area contributed by atoms with Gasteiger partial charge in [-0.05, 0) is 26.3 Å². The van der Waals surface area contributed by atoms with Crippen LogP contribution in [0.25, 0.3) is 0 Å². The lowest BCUT2D eigenvalue weighted by Gasteiger charge is -2.35. The zero-order valence-corrected chi connectivity index (χ0v) is 9.33. The molecule has 14 heavy (non-hydrogen) atoms. The second-order valence-electron chi connectivity index (χ2n) is 4.08. The first kappa shape index (κ1) is 9.40. The number of thiocarbonyl (C=S) groups is 1. The summed E-state index contributed by atoms with van der Waals surface area (Å²) >= 11 is 5.28.